The van der Waals surface area contributed by atoms with Crippen molar-refractivity contribution in [2.24, 2.45) is 5.92 Å². The molecule has 21 heavy (non-hydrogen) atoms. The Morgan fingerprint density at radius 1 is 1.14 bits per heavy atom. The first-order valence-corrected chi connectivity index (χ1v) is 8.25. The van der Waals surface area contributed by atoms with Gasteiger partial charge in [-0.05, 0) is 61.9 Å². The predicted octanol–water partition coefficient (Wildman–Crippen LogP) is 5.35. The highest BCUT2D eigenvalue weighted by Gasteiger charge is 2.12. The van der Waals surface area contributed by atoms with Gasteiger partial charge in [0.05, 0.1) is 6.61 Å². The van der Waals surface area contributed by atoms with Crippen molar-refractivity contribution < 1.29 is 4.74 Å². The molecule has 1 aliphatic rings. The van der Waals surface area contributed by atoms with Crippen LogP contribution in [-0.2, 0) is 0 Å². The lowest BCUT2D eigenvalue weighted by atomic mass is 9.86. The van der Waals surface area contributed by atoms with Crippen molar-refractivity contribution in [1.29, 1.82) is 0 Å². The highest BCUT2D eigenvalue weighted by atomic mass is 16.5. The third-order valence-corrected chi connectivity index (χ3v) is 4.02. The van der Waals surface area contributed by atoms with Crippen LogP contribution in [0.1, 0.15) is 57.9 Å². The zero-order chi connectivity index (χ0) is 14.9. The molecule has 112 valence electrons. The minimum Gasteiger partial charge on any atom is -0.494 e. The summed E-state index contributed by atoms with van der Waals surface area (Å²) in [5.41, 5.74) is 2.38. The topological polar surface area (TPSA) is 9.23 Å². The van der Waals surface area contributed by atoms with Crippen LogP contribution in [0.2, 0.25) is 0 Å². The third-order valence-electron chi connectivity index (χ3n) is 4.02. The normalized spacial score (nSPS) is 17.6. The van der Waals surface area contributed by atoms with Crippen LogP contribution >= 0.6 is 0 Å². The van der Waals surface area contributed by atoms with Crippen LogP contribution in [-0.4, -0.2) is 6.61 Å². The van der Waals surface area contributed by atoms with Crippen molar-refractivity contribution in [2.45, 2.75) is 52.4 Å². The van der Waals surface area contributed by atoms with Crippen molar-refractivity contribution in [2.75, 3.05) is 6.61 Å². The van der Waals surface area contributed by atoms with E-state index in [1.807, 2.05) is 31.2 Å². The Morgan fingerprint density at radius 3 is 2.57 bits per heavy atom. The number of ether oxygens (including phenoxy) is 1. The summed E-state index contributed by atoms with van der Waals surface area (Å²) in [5.74, 6) is 8.41. The number of rotatable bonds is 5. The fraction of sp³-hybridized carbons (Fsp3) is 0.500. The van der Waals surface area contributed by atoms with Gasteiger partial charge in [0.15, 0.2) is 0 Å². The molecule has 0 amide bonds. The first kappa shape index (κ1) is 15.7. The Hall–Kier alpha value is -1.68. The maximum atomic E-state index is 5.44. The van der Waals surface area contributed by atoms with Gasteiger partial charge >= 0.3 is 0 Å². The van der Waals surface area contributed by atoms with E-state index in [2.05, 4.69) is 24.8 Å². The summed E-state index contributed by atoms with van der Waals surface area (Å²) < 4.78 is 5.44. The molecule has 0 fully saturated rings. The second-order valence-corrected chi connectivity index (χ2v) is 5.72. The number of unbranched alkanes of at least 4 members (excludes halogenated alkanes) is 1. The second-order valence-electron chi connectivity index (χ2n) is 5.72. The van der Waals surface area contributed by atoms with Crippen molar-refractivity contribution in [1.82, 2.24) is 0 Å². The van der Waals surface area contributed by atoms with Gasteiger partial charge in [0.2, 0.25) is 0 Å². The lowest BCUT2D eigenvalue weighted by molar-refractivity contribution is 0.340. The highest BCUT2D eigenvalue weighted by Crippen LogP contribution is 2.27. The van der Waals surface area contributed by atoms with Crippen LogP contribution in [0.3, 0.4) is 0 Å². The average molecular weight is 282 g/mol. The first-order valence-electron chi connectivity index (χ1n) is 8.25. The Kier molecular flexibility index (Phi) is 6.41. The van der Waals surface area contributed by atoms with Crippen molar-refractivity contribution in [3.8, 4) is 17.6 Å². The summed E-state index contributed by atoms with van der Waals surface area (Å²) in [5, 5.41) is 0. The molecule has 0 spiro atoms. The van der Waals surface area contributed by atoms with Gasteiger partial charge in [-0.3, -0.25) is 0 Å². The number of allylic oxidation sites excluding steroid dienone is 2. The van der Waals surface area contributed by atoms with E-state index in [0.29, 0.717) is 6.61 Å². The molecule has 2 rings (SSSR count). The van der Waals surface area contributed by atoms with E-state index in [9.17, 15) is 0 Å². The monoisotopic (exact) mass is 282 g/mol. The predicted molar refractivity (Wildman–Crippen MR) is 89.4 cm³/mol. The third kappa shape index (κ3) is 5.31. The van der Waals surface area contributed by atoms with E-state index in [-0.39, 0.29) is 0 Å². The SMILES string of the molecule is CCCCC1CC=C(C#Cc2ccc(OCC)cc2)CC1. The molecule has 0 saturated heterocycles. The molecule has 1 atom stereocenters. The Labute approximate surface area is 129 Å². The molecule has 1 heteroatoms. The van der Waals surface area contributed by atoms with E-state index < -0.39 is 0 Å². The number of benzene rings is 1. The lowest BCUT2D eigenvalue weighted by Crippen LogP contribution is -2.05. The summed E-state index contributed by atoms with van der Waals surface area (Å²) in [7, 11) is 0. The van der Waals surface area contributed by atoms with Crippen LogP contribution in [0.15, 0.2) is 35.9 Å². The van der Waals surface area contributed by atoms with Crippen molar-refractivity contribution in [3.63, 3.8) is 0 Å². The van der Waals surface area contributed by atoms with Gasteiger partial charge < -0.3 is 4.74 Å². The van der Waals surface area contributed by atoms with Gasteiger partial charge in [-0.15, -0.1) is 0 Å². The van der Waals surface area contributed by atoms with Crippen LogP contribution in [0.25, 0.3) is 0 Å². The molecule has 1 unspecified atom stereocenters. The summed E-state index contributed by atoms with van der Waals surface area (Å²) in [6.45, 7) is 4.97. The summed E-state index contributed by atoms with van der Waals surface area (Å²) in [6.07, 6.45) is 10.1. The van der Waals surface area contributed by atoms with E-state index in [4.69, 9.17) is 4.74 Å². The molecule has 1 aliphatic carbocycles. The molecular formula is C20H26O. The highest BCUT2D eigenvalue weighted by molar-refractivity contribution is 5.43. The van der Waals surface area contributed by atoms with Crippen LogP contribution in [0.4, 0.5) is 0 Å². The molecule has 0 heterocycles. The van der Waals surface area contributed by atoms with Crippen molar-refractivity contribution in [3.05, 3.63) is 41.5 Å². The minimum absolute atomic E-state index is 0.705. The molecule has 1 aromatic carbocycles. The van der Waals surface area contributed by atoms with Crippen LogP contribution in [0, 0.1) is 17.8 Å². The molecule has 1 aromatic rings. The van der Waals surface area contributed by atoms with Gasteiger partial charge in [-0.2, -0.15) is 0 Å². The molecule has 0 N–H and O–H groups in total. The molecule has 0 saturated carbocycles. The van der Waals surface area contributed by atoms with E-state index in [1.54, 1.807) is 0 Å². The van der Waals surface area contributed by atoms with Gasteiger partial charge in [0.1, 0.15) is 5.75 Å². The number of hydrogen-bond acceptors (Lipinski definition) is 1. The van der Waals surface area contributed by atoms with Crippen LogP contribution < -0.4 is 4.74 Å². The van der Waals surface area contributed by atoms with E-state index in [1.165, 1.54) is 37.7 Å². The standard InChI is InChI=1S/C20H26O/c1-3-5-6-17-7-9-18(10-8-17)11-12-19-13-15-20(16-14-19)21-4-2/h9,13-17H,3-8,10H2,1-2H3. The first-order chi connectivity index (χ1) is 10.3. The van der Waals surface area contributed by atoms with Gasteiger partial charge in [-0.25, -0.2) is 0 Å². The minimum atomic E-state index is 0.705. The Morgan fingerprint density at radius 2 is 1.95 bits per heavy atom. The molecule has 1 nitrogen and oxygen atoms in total. The number of hydrogen-bond donors (Lipinski definition) is 0. The molecule has 0 aliphatic heterocycles. The summed E-state index contributed by atoms with van der Waals surface area (Å²) >= 11 is 0. The fourth-order valence-electron chi connectivity index (χ4n) is 2.71. The van der Waals surface area contributed by atoms with Gasteiger partial charge in [0, 0.05) is 5.56 Å². The maximum absolute atomic E-state index is 5.44. The maximum Gasteiger partial charge on any atom is 0.119 e. The largest absolute Gasteiger partial charge is 0.494 e. The Balaban J connectivity index is 1.89. The van der Waals surface area contributed by atoms with E-state index >= 15 is 0 Å². The van der Waals surface area contributed by atoms with Crippen LogP contribution in [0.5, 0.6) is 5.75 Å². The summed E-state index contributed by atoms with van der Waals surface area (Å²) in [4.78, 5) is 0. The Bertz CT molecular complexity index is 513. The second kappa shape index (κ2) is 8.57. The summed E-state index contributed by atoms with van der Waals surface area (Å²) in [6, 6.07) is 8.05. The molecular weight excluding hydrogens is 256 g/mol. The lowest BCUT2D eigenvalue weighted by Gasteiger charge is -2.19. The quantitative estimate of drug-likeness (QED) is 0.661. The zero-order valence-corrected chi connectivity index (χ0v) is 13.3. The van der Waals surface area contributed by atoms with Gasteiger partial charge in [-0.1, -0.05) is 44.1 Å². The molecule has 0 bridgehead atoms. The van der Waals surface area contributed by atoms with Crippen molar-refractivity contribution >= 4 is 0 Å². The average Bonchev–Trinajstić information content (AvgIpc) is 2.53. The molecule has 0 radical (unpaired) electrons. The zero-order valence-electron chi connectivity index (χ0n) is 13.3. The van der Waals surface area contributed by atoms with E-state index in [0.717, 1.165) is 23.7 Å². The van der Waals surface area contributed by atoms with Gasteiger partial charge in [0.25, 0.3) is 0 Å². The molecule has 0 aromatic heterocycles. The smallest absolute Gasteiger partial charge is 0.119 e. The fourth-order valence-corrected chi connectivity index (χ4v) is 2.71.